The van der Waals surface area contributed by atoms with Gasteiger partial charge in [0.05, 0.1) is 15.7 Å². The van der Waals surface area contributed by atoms with Crippen LogP contribution in [0.4, 0.5) is 5.69 Å². The number of nitrogens with one attached hydrogen (secondary N) is 2. The molecule has 118 valence electrons. The quantitative estimate of drug-likeness (QED) is 0.779. The zero-order valence-electron chi connectivity index (χ0n) is 11.7. The van der Waals surface area contributed by atoms with E-state index >= 15 is 0 Å². The van der Waals surface area contributed by atoms with E-state index < -0.39 is 0 Å². The maximum Gasteiger partial charge on any atom is 0.170 e. The largest absolute Gasteiger partial charge is 0.361 e. The van der Waals surface area contributed by atoms with Crippen LogP contribution in [0.25, 0.3) is 0 Å². The molecular weight excluding hydrogens is 349 g/mol. The second-order valence-electron chi connectivity index (χ2n) is 4.88. The number of rotatable bonds is 4. The van der Waals surface area contributed by atoms with Crippen LogP contribution in [-0.2, 0) is 0 Å². The molecule has 0 atom stereocenters. The summed E-state index contributed by atoms with van der Waals surface area (Å²) in [7, 11) is 0. The van der Waals surface area contributed by atoms with E-state index in [1.807, 2.05) is 6.07 Å². The average molecular weight is 369 g/mol. The molecule has 3 nitrogen and oxygen atoms in total. The Labute approximate surface area is 147 Å². The van der Waals surface area contributed by atoms with Gasteiger partial charge in [-0.15, -0.1) is 12.4 Å². The molecule has 1 heterocycles. The van der Waals surface area contributed by atoms with Crippen molar-refractivity contribution in [3.8, 4) is 0 Å². The molecule has 0 amide bonds. The summed E-state index contributed by atoms with van der Waals surface area (Å²) >= 11 is 17.4. The van der Waals surface area contributed by atoms with E-state index in [-0.39, 0.29) is 12.4 Å². The lowest BCUT2D eigenvalue weighted by molar-refractivity contribution is 0.232. The van der Waals surface area contributed by atoms with Crippen LogP contribution >= 0.6 is 47.8 Å². The van der Waals surface area contributed by atoms with E-state index in [4.69, 9.17) is 35.4 Å². The summed E-state index contributed by atoms with van der Waals surface area (Å²) in [6.45, 7) is 4.22. The van der Waals surface area contributed by atoms with E-state index in [1.165, 1.54) is 32.4 Å². The average Bonchev–Trinajstić information content (AvgIpc) is 2.44. The molecule has 2 N–H and O–H groups in total. The minimum Gasteiger partial charge on any atom is -0.361 e. The summed E-state index contributed by atoms with van der Waals surface area (Å²) in [5.41, 5.74) is 0.659. The molecule has 0 radical (unpaired) electrons. The molecule has 7 heteroatoms. The molecule has 0 saturated carbocycles. The van der Waals surface area contributed by atoms with Crippen LogP contribution < -0.4 is 10.6 Å². The van der Waals surface area contributed by atoms with Gasteiger partial charge in [-0.1, -0.05) is 35.7 Å². The van der Waals surface area contributed by atoms with E-state index in [9.17, 15) is 0 Å². The van der Waals surface area contributed by atoms with Gasteiger partial charge in [0.25, 0.3) is 0 Å². The highest BCUT2D eigenvalue weighted by Gasteiger charge is 2.10. The predicted molar refractivity (Wildman–Crippen MR) is 98.2 cm³/mol. The van der Waals surface area contributed by atoms with Gasteiger partial charge in [-0.2, -0.15) is 0 Å². The van der Waals surface area contributed by atoms with Crippen LogP contribution in [-0.4, -0.2) is 36.2 Å². The number of halogens is 3. The number of thiocarbonyl (C=S) groups is 1. The third-order valence-electron chi connectivity index (χ3n) is 3.36. The van der Waals surface area contributed by atoms with Crippen LogP contribution in [0.5, 0.6) is 0 Å². The number of piperidine rings is 1. The standard InChI is InChI=1S/C14H19Cl2N3S.ClH/c15-11-5-4-6-12(16)13(11)18-14(20)17-7-10-19-8-2-1-3-9-19;/h4-6H,1-3,7-10H2,(H2,17,18,20);1H. The van der Waals surface area contributed by atoms with Gasteiger partial charge in [0.15, 0.2) is 5.11 Å². The van der Waals surface area contributed by atoms with E-state index in [1.54, 1.807) is 12.1 Å². The molecule has 1 fully saturated rings. The first-order chi connectivity index (χ1) is 9.66. The Hall–Kier alpha value is -0.260. The molecule has 1 aromatic carbocycles. The first-order valence-corrected chi connectivity index (χ1v) is 8.04. The zero-order chi connectivity index (χ0) is 14.4. The lowest BCUT2D eigenvalue weighted by atomic mass is 10.1. The highest BCUT2D eigenvalue weighted by Crippen LogP contribution is 2.29. The van der Waals surface area contributed by atoms with Crippen molar-refractivity contribution in [3.05, 3.63) is 28.2 Å². The Morgan fingerprint density at radius 3 is 2.38 bits per heavy atom. The number of nitrogens with zero attached hydrogens (tertiary/aromatic N) is 1. The van der Waals surface area contributed by atoms with Gasteiger partial charge >= 0.3 is 0 Å². The molecule has 1 aliphatic heterocycles. The van der Waals surface area contributed by atoms with Crippen LogP contribution in [0.2, 0.25) is 10.0 Å². The predicted octanol–water partition coefficient (Wildman–Crippen LogP) is 4.19. The molecule has 0 aromatic heterocycles. The summed E-state index contributed by atoms with van der Waals surface area (Å²) in [5.74, 6) is 0. The van der Waals surface area contributed by atoms with Gasteiger partial charge in [0.2, 0.25) is 0 Å². The topological polar surface area (TPSA) is 27.3 Å². The van der Waals surface area contributed by atoms with Gasteiger partial charge < -0.3 is 15.5 Å². The summed E-state index contributed by atoms with van der Waals surface area (Å²) in [4.78, 5) is 2.46. The number of hydrogen-bond acceptors (Lipinski definition) is 2. The second kappa shape index (κ2) is 9.70. The first-order valence-electron chi connectivity index (χ1n) is 6.88. The summed E-state index contributed by atoms with van der Waals surface area (Å²) < 4.78 is 0. The fraction of sp³-hybridized carbons (Fsp3) is 0.500. The number of para-hydroxylation sites is 1. The van der Waals surface area contributed by atoms with Crippen LogP contribution in [0.15, 0.2) is 18.2 Å². The molecule has 1 aliphatic rings. The highest BCUT2D eigenvalue weighted by atomic mass is 35.5. The Bertz CT molecular complexity index is 445. The fourth-order valence-corrected chi connectivity index (χ4v) is 2.98. The molecule has 21 heavy (non-hydrogen) atoms. The summed E-state index contributed by atoms with van der Waals surface area (Å²) in [6.07, 6.45) is 3.96. The molecule has 1 saturated heterocycles. The molecular formula is C14H20Cl3N3S. The fourth-order valence-electron chi connectivity index (χ4n) is 2.29. The Balaban J connectivity index is 0.00000220. The molecule has 0 bridgehead atoms. The van der Waals surface area contributed by atoms with Gasteiger partial charge in [0.1, 0.15) is 0 Å². The maximum atomic E-state index is 6.09. The van der Waals surface area contributed by atoms with Crippen LogP contribution in [0.3, 0.4) is 0 Å². The summed E-state index contributed by atoms with van der Waals surface area (Å²) in [5, 5.41) is 7.94. The van der Waals surface area contributed by atoms with Gasteiger partial charge in [0, 0.05) is 13.1 Å². The Morgan fingerprint density at radius 1 is 1.14 bits per heavy atom. The van der Waals surface area contributed by atoms with Crippen molar-refractivity contribution in [2.45, 2.75) is 19.3 Å². The smallest absolute Gasteiger partial charge is 0.170 e. The van der Waals surface area contributed by atoms with E-state index in [0.717, 1.165) is 13.1 Å². The summed E-state index contributed by atoms with van der Waals surface area (Å²) in [6, 6.07) is 5.38. The normalized spacial score (nSPS) is 15.1. The third kappa shape index (κ3) is 6.17. The number of likely N-dealkylation sites (tertiary alicyclic amines) is 1. The van der Waals surface area contributed by atoms with Crippen molar-refractivity contribution in [1.82, 2.24) is 10.2 Å². The highest BCUT2D eigenvalue weighted by molar-refractivity contribution is 7.80. The monoisotopic (exact) mass is 367 g/mol. The zero-order valence-corrected chi connectivity index (χ0v) is 14.8. The van der Waals surface area contributed by atoms with Crippen molar-refractivity contribution in [2.24, 2.45) is 0 Å². The van der Waals surface area contributed by atoms with Crippen molar-refractivity contribution < 1.29 is 0 Å². The lowest BCUT2D eigenvalue weighted by Gasteiger charge is -2.26. The van der Waals surface area contributed by atoms with Crippen molar-refractivity contribution in [1.29, 1.82) is 0 Å². The van der Waals surface area contributed by atoms with Crippen LogP contribution in [0.1, 0.15) is 19.3 Å². The number of anilines is 1. The van der Waals surface area contributed by atoms with Gasteiger partial charge in [-0.3, -0.25) is 0 Å². The van der Waals surface area contributed by atoms with Gasteiger partial charge in [-0.25, -0.2) is 0 Å². The second-order valence-corrected chi connectivity index (χ2v) is 6.10. The molecule has 2 rings (SSSR count). The molecule has 0 aliphatic carbocycles. The van der Waals surface area contributed by atoms with Gasteiger partial charge in [-0.05, 0) is 50.3 Å². The number of benzene rings is 1. The molecule has 0 unspecified atom stereocenters. The Morgan fingerprint density at radius 2 is 1.76 bits per heavy atom. The number of hydrogen-bond donors (Lipinski definition) is 2. The SMILES string of the molecule is Cl.S=C(NCCN1CCCCC1)Nc1c(Cl)cccc1Cl. The molecule has 1 aromatic rings. The van der Waals surface area contributed by atoms with Crippen LogP contribution in [0, 0.1) is 0 Å². The van der Waals surface area contributed by atoms with Crippen molar-refractivity contribution in [3.63, 3.8) is 0 Å². The lowest BCUT2D eigenvalue weighted by Crippen LogP contribution is -2.39. The minimum absolute atomic E-state index is 0. The van der Waals surface area contributed by atoms with Crippen molar-refractivity contribution >= 4 is 58.6 Å². The Kier molecular flexibility index (Phi) is 8.67. The van der Waals surface area contributed by atoms with E-state index in [0.29, 0.717) is 20.8 Å². The third-order valence-corrected chi connectivity index (χ3v) is 4.24. The maximum absolute atomic E-state index is 6.09. The molecule has 0 spiro atoms. The first kappa shape index (κ1) is 18.8. The van der Waals surface area contributed by atoms with Crippen molar-refractivity contribution in [2.75, 3.05) is 31.5 Å². The van der Waals surface area contributed by atoms with E-state index in [2.05, 4.69) is 15.5 Å². The minimum atomic E-state index is 0.